The summed E-state index contributed by atoms with van der Waals surface area (Å²) in [5, 5.41) is 30.4. The molecule has 4 unspecified atom stereocenters. The monoisotopic (exact) mass is 644 g/mol. The molecule has 6 rings (SSSR count). The van der Waals surface area contributed by atoms with Crippen LogP contribution in [-0.4, -0.2) is 58.1 Å². The number of hydrogen-bond donors (Lipinski definition) is 4. The lowest BCUT2D eigenvalue weighted by molar-refractivity contribution is -0.139. The number of nitrogens with one attached hydrogen (secondary N) is 2. The molecule has 1 fully saturated rings. The van der Waals surface area contributed by atoms with Gasteiger partial charge >= 0.3 is 6.18 Å². The molecule has 10 nitrogen and oxygen atoms in total. The number of benzene rings is 3. The zero-order valence-electron chi connectivity index (χ0n) is 23.5. The minimum absolute atomic E-state index is 0.00291. The molecule has 4 atom stereocenters. The molecule has 0 bridgehead atoms. The van der Waals surface area contributed by atoms with Crippen LogP contribution in [0.1, 0.15) is 43.3 Å². The molecule has 0 saturated heterocycles. The highest BCUT2D eigenvalue weighted by Crippen LogP contribution is 2.38. The number of amides is 2. The van der Waals surface area contributed by atoms with Crippen LogP contribution in [0.4, 0.5) is 28.9 Å². The smallest absolute Gasteiger partial charge is 0.419 e. The number of ether oxygens (including phenoxy) is 1. The Morgan fingerprint density at radius 1 is 1.02 bits per heavy atom. The summed E-state index contributed by atoms with van der Waals surface area (Å²) in [5.74, 6) is -3.51. The molecule has 0 spiro atoms. The van der Waals surface area contributed by atoms with Gasteiger partial charge in [0.15, 0.2) is 6.10 Å². The molecule has 2 amide bonds. The van der Waals surface area contributed by atoms with Gasteiger partial charge in [-0.05, 0) is 55.5 Å². The van der Waals surface area contributed by atoms with Crippen molar-refractivity contribution in [3.8, 4) is 5.75 Å². The number of aliphatic hydroxyl groups excluding tert-OH is 2. The minimum Gasteiger partial charge on any atom is -0.496 e. The maximum Gasteiger partial charge on any atom is 0.419 e. The number of alkyl halides is 3. The van der Waals surface area contributed by atoms with Crippen molar-refractivity contribution in [2.45, 2.75) is 37.8 Å². The number of carbonyl (C=O) groups is 2. The molecule has 1 aliphatic carbocycles. The Bertz CT molecular complexity index is 1880. The lowest BCUT2D eigenvalue weighted by atomic mass is 9.91. The molecule has 0 radical (unpaired) electrons. The van der Waals surface area contributed by atoms with Crippen LogP contribution in [0.2, 0.25) is 0 Å². The van der Waals surface area contributed by atoms with E-state index in [2.05, 4.69) is 20.8 Å². The number of fused-ring (bicyclic) bond motifs is 2. The van der Waals surface area contributed by atoms with Crippen molar-refractivity contribution >= 4 is 50.5 Å². The summed E-state index contributed by atoms with van der Waals surface area (Å²) in [6, 6.07) is 9.60. The molecule has 45 heavy (non-hydrogen) atoms. The number of halogens is 4. The fraction of sp³-hybridized carbons (Fsp3) is 0.267. The van der Waals surface area contributed by atoms with E-state index in [1.165, 1.54) is 42.7 Å². The predicted molar refractivity (Wildman–Crippen MR) is 156 cm³/mol. The van der Waals surface area contributed by atoms with Crippen LogP contribution in [-0.2, 0) is 11.0 Å². The minimum atomic E-state index is -4.98. The molecule has 15 heteroatoms. The Morgan fingerprint density at radius 3 is 2.51 bits per heavy atom. The third kappa shape index (κ3) is 5.69. The Hall–Kier alpha value is -4.60. The zero-order valence-corrected chi connectivity index (χ0v) is 24.3. The summed E-state index contributed by atoms with van der Waals surface area (Å²) in [6.45, 7) is 1.75. The van der Waals surface area contributed by atoms with Gasteiger partial charge in [0.05, 0.1) is 68.5 Å². The highest BCUT2D eigenvalue weighted by atomic mass is 32.1. The van der Waals surface area contributed by atoms with E-state index >= 15 is 0 Å². The van der Waals surface area contributed by atoms with Crippen LogP contribution in [0, 0.1) is 18.7 Å². The van der Waals surface area contributed by atoms with E-state index in [-0.39, 0.29) is 34.7 Å². The van der Waals surface area contributed by atoms with Crippen LogP contribution >= 0.6 is 11.3 Å². The Balaban J connectivity index is 1.34. The van der Waals surface area contributed by atoms with Crippen LogP contribution in [0.3, 0.4) is 0 Å². The topological polar surface area (TPSA) is 142 Å². The first kappa shape index (κ1) is 30.4. The number of hydrogen-bond acceptors (Lipinski definition) is 9. The highest BCUT2D eigenvalue weighted by Gasteiger charge is 2.50. The normalized spacial score (nSPS) is 20.8. The second kappa shape index (κ2) is 11.4. The Morgan fingerprint density at radius 2 is 1.78 bits per heavy atom. The number of aliphatic hydroxyl groups is 2. The number of anilines is 2. The number of nitrogens with zero attached hydrogens (tertiary/aromatic N) is 2. The predicted octanol–water partition coefficient (Wildman–Crippen LogP) is 5.12. The van der Waals surface area contributed by atoms with E-state index in [1.807, 2.05) is 0 Å². The Labute approximate surface area is 256 Å². The molecular formula is C30H24F4N4O6S. The number of aromatic nitrogens is 1. The third-order valence-electron chi connectivity index (χ3n) is 7.62. The van der Waals surface area contributed by atoms with Gasteiger partial charge in [0.2, 0.25) is 0 Å². The van der Waals surface area contributed by atoms with Gasteiger partial charge in [0.1, 0.15) is 11.6 Å². The van der Waals surface area contributed by atoms with Crippen molar-refractivity contribution < 1.29 is 46.9 Å². The second-order valence-electron chi connectivity index (χ2n) is 10.6. The number of carbonyl (C=O) groups excluding carboxylic acids is 2. The molecule has 1 aromatic heterocycles. The van der Waals surface area contributed by atoms with Crippen LogP contribution < -0.4 is 15.4 Å². The van der Waals surface area contributed by atoms with E-state index in [1.54, 1.807) is 13.0 Å². The lowest BCUT2D eigenvalue weighted by Crippen LogP contribution is -2.30. The van der Waals surface area contributed by atoms with Gasteiger partial charge in [-0.15, -0.1) is 11.3 Å². The van der Waals surface area contributed by atoms with Gasteiger partial charge in [-0.25, -0.2) is 9.37 Å². The average Bonchev–Trinajstić information content (AvgIpc) is 3.67. The molecule has 2 aliphatic rings. The SMILES string of the molecule is COc1ccc(C2=NOC3C(O)CC(O)C23)cc1C(=O)Nc1cc2nc(C)sc2cc1C(=O)Nc1ccc(F)c(C(F)(F)F)c1. The fourth-order valence-electron chi connectivity index (χ4n) is 5.52. The van der Waals surface area contributed by atoms with Crippen LogP contribution in [0.25, 0.3) is 10.2 Å². The molecule has 234 valence electrons. The van der Waals surface area contributed by atoms with Crippen molar-refractivity contribution in [2.75, 3.05) is 17.7 Å². The number of aryl methyl sites for hydroxylation is 1. The first-order valence-corrected chi connectivity index (χ1v) is 14.3. The van der Waals surface area contributed by atoms with E-state index < -0.39 is 53.6 Å². The van der Waals surface area contributed by atoms with E-state index in [0.29, 0.717) is 38.6 Å². The van der Waals surface area contributed by atoms with Gasteiger partial charge in [0.25, 0.3) is 11.8 Å². The second-order valence-corrected chi connectivity index (χ2v) is 11.8. The Kier molecular flexibility index (Phi) is 7.71. The van der Waals surface area contributed by atoms with Crippen molar-refractivity contribution in [3.05, 3.63) is 81.6 Å². The largest absolute Gasteiger partial charge is 0.496 e. The van der Waals surface area contributed by atoms with Crippen LogP contribution in [0.5, 0.6) is 5.75 Å². The molecular weight excluding hydrogens is 620 g/mol. The van der Waals surface area contributed by atoms with Gasteiger partial charge < -0.3 is 30.4 Å². The van der Waals surface area contributed by atoms with Gasteiger partial charge in [0, 0.05) is 17.7 Å². The van der Waals surface area contributed by atoms with Gasteiger partial charge in [-0.2, -0.15) is 13.2 Å². The van der Waals surface area contributed by atoms with Crippen molar-refractivity contribution in [1.29, 1.82) is 0 Å². The van der Waals surface area contributed by atoms with E-state index in [9.17, 15) is 37.4 Å². The van der Waals surface area contributed by atoms with Crippen molar-refractivity contribution in [3.63, 3.8) is 0 Å². The van der Waals surface area contributed by atoms with Crippen molar-refractivity contribution in [2.24, 2.45) is 11.1 Å². The number of thiazole rings is 1. The zero-order chi connectivity index (χ0) is 32.2. The molecule has 4 N–H and O–H groups in total. The average molecular weight is 645 g/mol. The summed E-state index contributed by atoms with van der Waals surface area (Å²) in [6.07, 6.45) is -7.42. The summed E-state index contributed by atoms with van der Waals surface area (Å²) >= 11 is 1.27. The quantitative estimate of drug-likeness (QED) is 0.214. The molecule has 2 heterocycles. The number of rotatable bonds is 6. The fourth-order valence-corrected chi connectivity index (χ4v) is 6.37. The summed E-state index contributed by atoms with van der Waals surface area (Å²) < 4.78 is 59.6. The van der Waals surface area contributed by atoms with Gasteiger partial charge in [-0.1, -0.05) is 5.16 Å². The van der Waals surface area contributed by atoms with Crippen molar-refractivity contribution in [1.82, 2.24) is 4.98 Å². The maximum absolute atomic E-state index is 13.8. The number of oxime groups is 1. The molecule has 4 aromatic rings. The number of methoxy groups -OCH3 is 1. The van der Waals surface area contributed by atoms with E-state index in [0.717, 1.165) is 6.07 Å². The summed E-state index contributed by atoms with van der Waals surface area (Å²) in [5.41, 5.74) is -0.675. The highest BCUT2D eigenvalue weighted by molar-refractivity contribution is 7.18. The molecule has 1 saturated carbocycles. The van der Waals surface area contributed by atoms with Gasteiger partial charge in [-0.3, -0.25) is 9.59 Å². The maximum atomic E-state index is 13.8. The lowest BCUT2D eigenvalue weighted by Gasteiger charge is -2.16. The van der Waals surface area contributed by atoms with E-state index in [4.69, 9.17) is 9.57 Å². The third-order valence-corrected chi connectivity index (χ3v) is 8.55. The summed E-state index contributed by atoms with van der Waals surface area (Å²) in [7, 11) is 1.36. The molecule has 1 aliphatic heterocycles. The molecule has 3 aromatic carbocycles. The first-order chi connectivity index (χ1) is 21.3. The first-order valence-electron chi connectivity index (χ1n) is 13.5. The summed E-state index contributed by atoms with van der Waals surface area (Å²) in [4.78, 5) is 36.9. The standard InChI is InChI=1S/C30H24F4N4O6S/c1-12-35-20-10-19(15(9-24(20)45-12)28(41)36-14-4-5-18(31)17(8-14)30(32,33)34)37-29(42)16-7-13(3-6-23(16)43-2)26-25-21(39)11-22(40)27(25)44-38-26/h3-10,21-22,25,27,39-40H,11H2,1-2H3,(H,36,41)(H,37,42). The van der Waals surface area contributed by atoms with Crippen LogP contribution in [0.15, 0.2) is 53.7 Å².